The molecular weight excluding hydrogens is 453 g/mol. The molecular formula is C28H35Cl2NO2. The van der Waals surface area contributed by atoms with E-state index in [1.165, 1.54) is 38.5 Å². The highest BCUT2D eigenvalue weighted by Crippen LogP contribution is 2.61. The lowest BCUT2D eigenvalue weighted by molar-refractivity contribution is -0.0706. The molecule has 4 bridgehead atoms. The lowest BCUT2D eigenvalue weighted by atomic mass is 9.48. The Morgan fingerprint density at radius 3 is 2.18 bits per heavy atom. The summed E-state index contributed by atoms with van der Waals surface area (Å²) < 4.78 is 12.0. The zero-order chi connectivity index (χ0) is 23.0. The molecule has 2 aromatic carbocycles. The van der Waals surface area contributed by atoms with Crippen LogP contribution in [0.15, 0.2) is 36.4 Å². The van der Waals surface area contributed by atoms with Gasteiger partial charge in [-0.3, -0.25) is 0 Å². The topological polar surface area (TPSA) is 30.5 Å². The number of hydrogen-bond donors (Lipinski definition) is 1. The summed E-state index contributed by atoms with van der Waals surface area (Å²) in [7, 11) is 0. The third-order valence-electron chi connectivity index (χ3n) is 8.28. The lowest BCUT2D eigenvalue weighted by Crippen LogP contribution is -2.54. The van der Waals surface area contributed by atoms with Gasteiger partial charge < -0.3 is 14.8 Å². The SMILES string of the molecule is CCOc1cc(CN[C@H](C)C23CC4CC(CC(C4)C2)C3)cc(Cl)c1OCc1ccc(Cl)cc1. The van der Waals surface area contributed by atoms with Crippen molar-refractivity contribution in [3.8, 4) is 11.5 Å². The summed E-state index contributed by atoms with van der Waals surface area (Å²) in [4.78, 5) is 0. The Kier molecular flexibility index (Phi) is 6.84. The van der Waals surface area contributed by atoms with E-state index in [4.69, 9.17) is 32.7 Å². The number of hydrogen-bond acceptors (Lipinski definition) is 3. The van der Waals surface area contributed by atoms with Gasteiger partial charge in [0.2, 0.25) is 0 Å². The monoisotopic (exact) mass is 487 g/mol. The smallest absolute Gasteiger partial charge is 0.180 e. The lowest BCUT2D eigenvalue weighted by Gasteiger charge is -2.59. The molecule has 6 rings (SSSR count). The van der Waals surface area contributed by atoms with E-state index < -0.39 is 0 Å². The first kappa shape index (κ1) is 23.3. The predicted molar refractivity (Wildman–Crippen MR) is 135 cm³/mol. The zero-order valence-corrected chi connectivity index (χ0v) is 21.2. The van der Waals surface area contributed by atoms with E-state index in [-0.39, 0.29) is 0 Å². The van der Waals surface area contributed by atoms with Gasteiger partial charge in [0.15, 0.2) is 11.5 Å². The third-order valence-corrected chi connectivity index (χ3v) is 8.81. The maximum absolute atomic E-state index is 6.68. The van der Waals surface area contributed by atoms with Crippen LogP contribution in [0.5, 0.6) is 11.5 Å². The van der Waals surface area contributed by atoms with E-state index in [9.17, 15) is 0 Å². The number of ether oxygens (including phenoxy) is 2. The molecule has 0 saturated heterocycles. The molecule has 0 aliphatic heterocycles. The molecule has 0 aromatic heterocycles. The largest absolute Gasteiger partial charge is 0.490 e. The summed E-state index contributed by atoms with van der Waals surface area (Å²) in [6.45, 7) is 6.16. The van der Waals surface area contributed by atoms with Gasteiger partial charge in [-0.15, -0.1) is 0 Å². The fourth-order valence-corrected chi connectivity index (χ4v) is 7.47. The van der Waals surface area contributed by atoms with Crippen molar-refractivity contribution in [3.05, 3.63) is 57.6 Å². The molecule has 4 aliphatic rings. The quantitative estimate of drug-likeness (QED) is 0.393. The molecule has 33 heavy (non-hydrogen) atoms. The minimum atomic E-state index is 0.414. The van der Waals surface area contributed by atoms with Gasteiger partial charge in [-0.1, -0.05) is 35.3 Å². The molecule has 0 amide bonds. The van der Waals surface area contributed by atoms with E-state index in [0.29, 0.717) is 46.2 Å². The second-order valence-electron chi connectivity index (χ2n) is 10.6. The fourth-order valence-electron chi connectivity index (χ4n) is 7.06. The van der Waals surface area contributed by atoms with Crippen molar-refractivity contribution in [1.29, 1.82) is 0 Å². The molecule has 3 nitrogen and oxygen atoms in total. The molecule has 1 atom stereocenters. The van der Waals surface area contributed by atoms with Crippen LogP contribution in [-0.2, 0) is 13.2 Å². The van der Waals surface area contributed by atoms with E-state index in [1.807, 2.05) is 37.3 Å². The molecule has 178 valence electrons. The van der Waals surface area contributed by atoms with Crippen molar-refractivity contribution in [2.24, 2.45) is 23.2 Å². The second-order valence-corrected chi connectivity index (χ2v) is 11.5. The van der Waals surface area contributed by atoms with E-state index in [2.05, 4.69) is 18.3 Å². The normalized spacial score (nSPS) is 28.7. The van der Waals surface area contributed by atoms with Crippen LogP contribution in [0.25, 0.3) is 0 Å². The van der Waals surface area contributed by atoms with Gasteiger partial charge in [-0.2, -0.15) is 0 Å². The fraction of sp³-hybridized carbons (Fsp3) is 0.571. The molecule has 4 saturated carbocycles. The summed E-state index contributed by atoms with van der Waals surface area (Å²) in [5.74, 6) is 4.22. The maximum atomic E-state index is 6.68. The Morgan fingerprint density at radius 1 is 0.939 bits per heavy atom. The van der Waals surface area contributed by atoms with Crippen LogP contribution in [0.1, 0.15) is 63.5 Å². The number of benzene rings is 2. The van der Waals surface area contributed by atoms with Crippen LogP contribution >= 0.6 is 23.2 Å². The van der Waals surface area contributed by atoms with Crippen molar-refractivity contribution in [3.63, 3.8) is 0 Å². The molecule has 0 unspecified atom stereocenters. The third kappa shape index (κ3) is 5.01. The summed E-state index contributed by atoms with van der Waals surface area (Å²) in [5.41, 5.74) is 2.66. The zero-order valence-electron chi connectivity index (χ0n) is 19.7. The van der Waals surface area contributed by atoms with Crippen molar-refractivity contribution in [2.45, 2.75) is 71.6 Å². The van der Waals surface area contributed by atoms with Crippen LogP contribution in [-0.4, -0.2) is 12.6 Å². The van der Waals surface area contributed by atoms with Gasteiger partial charge in [0.05, 0.1) is 11.6 Å². The number of halogens is 2. The molecule has 4 aliphatic carbocycles. The summed E-state index contributed by atoms with van der Waals surface area (Å²) >= 11 is 12.7. The number of rotatable bonds is 9. The Hall–Kier alpha value is -1.42. The van der Waals surface area contributed by atoms with Crippen molar-refractivity contribution in [2.75, 3.05) is 6.61 Å². The average molecular weight is 488 g/mol. The van der Waals surface area contributed by atoms with Gasteiger partial charge in [0, 0.05) is 17.6 Å². The highest BCUT2D eigenvalue weighted by molar-refractivity contribution is 6.32. The number of nitrogens with one attached hydrogen (secondary N) is 1. The second kappa shape index (κ2) is 9.68. The Labute approximate surface area is 208 Å². The average Bonchev–Trinajstić information content (AvgIpc) is 2.77. The van der Waals surface area contributed by atoms with Gasteiger partial charge >= 0.3 is 0 Å². The molecule has 2 aromatic rings. The highest BCUT2D eigenvalue weighted by Gasteiger charge is 2.52. The van der Waals surface area contributed by atoms with Gasteiger partial charge in [-0.25, -0.2) is 0 Å². The van der Waals surface area contributed by atoms with E-state index in [0.717, 1.165) is 35.4 Å². The van der Waals surface area contributed by atoms with Gasteiger partial charge in [-0.05, 0) is 111 Å². The van der Waals surface area contributed by atoms with Crippen LogP contribution in [0.3, 0.4) is 0 Å². The first-order chi connectivity index (χ1) is 15.9. The minimum absolute atomic E-state index is 0.414. The Balaban J connectivity index is 1.26. The molecule has 5 heteroatoms. The van der Waals surface area contributed by atoms with Crippen molar-refractivity contribution < 1.29 is 9.47 Å². The Morgan fingerprint density at radius 2 is 1.58 bits per heavy atom. The van der Waals surface area contributed by atoms with E-state index in [1.54, 1.807) is 0 Å². The highest BCUT2D eigenvalue weighted by atomic mass is 35.5. The van der Waals surface area contributed by atoms with Crippen LogP contribution < -0.4 is 14.8 Å². The van der Waals surface area contributed by atoms with Crippen LogP contribution in [0.4, 0.5) is 0 Å². The molecule has 1 N–H and O–H groups in total. The summed E-state index contributed by atoms with van der Waals surface area (Å²) in [6, 6.07) is 12.3. The molecule has 0 heterocycles. The summed E-state index contributed by atoms with van der Waals surface area (Å²) in [5, 5.41) is 5.17. The minimum Gasteiger partial charge on any atom is -0.490 e. The summed E-state index contributed by atoms with van der Waals surface area (Å²) in [6.07, 6.45) is 8.69. The first-order valence-corrected chi connectivity index (χ1v) is 13.3. The van der Waals surface area contributed by atoms with Crippen LogP contribution in [0.2, 0.25) is 10.0 Å². The molecule has 0 radical (unpaired) electrons. The van der Waals surface area contributed by atoms with Crippen molar-refractivity contribution in [1.82, 2.24) is 5.32 Å². The predicted octanol–water partition coefficient (Wildman–Crippen LogP) is 7.67. The molecule has 4 fully saturated rings. The van der Waals surface area contributed by atoms with E-state index >= 15 is 0 Å². The Bertz CT molecular complexity index is 939. The van der Waals surface area contributed by atoms with Crippen molar-refractivity contribution >= 4 is 23.2 Å². The first-order valence-electron chi connectivity index (χ1n) is 12.5. The molecule has 0 spiro atoms. The van der Waals surface area contributed by atoms with Gasteiger partial charge in [0.1, 0.15) is 6.61 Å². The van der Waals surface area contributed by atoms with Gasteiger partial charge in [0.25, 0.3) is 0 Å². The van der Waals surface area contributed by atoms with Crippen LogP contribution in [0, 0.1) is 23.2 Å². The maximum Gasteiger partial charge on any atom is 0.180 e. The standard InChI is InChI=1S/C28H35Cl2NO2/c1-3-32-26-12-23(11-25(30)27(26)33-17-19-4-6-24(29)7-5-19)16-31-18(2)28-13-20-8-21(14-28)10-22(9-20)15-28/h4-7,11-12,18,20-22,31H,3,8-10,13-17H2,1-2H3/t18-,20?,21?,22?,28?/m1/s1.